The average molecular weight is 243 g/mol. The van der Waals surface area contributed by atoms with E-state index in [4.69, 9.17) is 9.47 Å². The minimum absolute atomic E-state index is 0.190. The Balaban J connectivity index is 3.95. The fourth-order valence-corrected chi connectivity index (χ4v) is 1.10. The van der Waals surface area contributed by atoms with Crippen molar-refractivity contribution in [3.63, 3.8) is 0 Å². The molecule has 1 amide bonds. The first kappa shape index (κ1) is 16.1. The Morgan fingerprint density at radius 2 is 2.00 bits per heavy atom. The summed E-state index contributed by atoms with van der Waals surface area (Å²) in [6.45, 7) is 11.1. The Bertz CT molecular complexity index is 229. The molecule has 4 heteroatoms. The highest BCUT2D eigenvalue weighted by Gasteiger charge is 2.12. The van der Waals surface area contributed by atoms with E-state index in [9.17, 15) is 4.79 Å². The first-order valence-corrected chi connectivity index (χ1v) is 6.27. The molecule has 0 aliphatic heterocycles. The molecule has 0 saturated carbocycles. The zero-order valence-corrected chi connectivity index (χ0v) is 11.3. The summed E-state index contributed by atoms with van der Waals surface area (Å²) in [5, 5.41) is 2.74. The van der Waals surface area contributed by atoms with Crippen LogP contribution in [0.15, 0.2) is 12.2 Å². The zero-order chi connectivity index (χ0) is 13.1. The van der Waals surface area contributed by atoms with E-state index in [0.29, 0.717) is 25.4 Å². The Labute approximate surface area is 104 Å². The number of nitrogens with one attached hydrogen (secondary N) is 1. The monoisotopic (exact) mass is 243 g/mol. The van der Waals surface area contributed by atoms with Crippen molar-refractivity contribution in [3.8, 4) is 0 Å². The molecule has 0 bridgehead atoms. The maximum absolute atomic E-state index is 11.5. The molecule has 0 fully saturated rings. The van der Waals surface area contributed by atoms with Crippen molar-refractivity contribution >= 4 is 5.91 Å². The fraction of sp³-hybridized carbons (Fsp3) is 0.769. The van der Waals surface area contributed by atoms with Gasteiger partial charge < -0.3 is 14.8 Å². The summed E-state index contributed by atoms with van der Waals surface area (Å²) >= 11 is 0. The quantitative estimate of drug-likeness (QED) is 0.364. The third kappa shape index (κ3) is 8.89. The molecule has 4 nitrogen and oxygen atoms in total. The van der Waals surface area contributed by atoms with Crippen molar-refractivity contribution in [1.82, 2.24) is 5.32 Å². The molecule has 0 aromatic rings. The van der Waals surface area contributed by atoms with Gasteiger partial charge in [-0.3, -0.25) is 4.79 Å². The van der Waals surface area contributed by atoms with Gasteiger partial charge in [-0.15, -0.1) is 0 Å². The standard InChI is InChI=1S/C13H25NO3/c1-5-7-9-16-10-12(17-8-6-2)14-13(15)11(3)4/h12H,3,5-10H2,1-2,4H3,(H,14,15). The molecule has 100 valence electrons. The summed E-state index contributed by atoms with van der Waals surface area (Å²) in [7, 11) is 0. The van der Waals surface area contributed by atoms with Crippen LogP contribution < -0.4 is 5.32 Å². The number of unbranched alkanes of at least 4 members (excludes halogenated alkanes) is 1. The van der Waals surface area contributed by atoms with Crippen LogP contribution in [0.3, 0.4) is 0 Å². The predicted molar refractivity (Wildman–Crippen MR) is 68.7 cm³/mol. The van der Waals surface area contributed by atoms with E-state index in [2.05, 4.69) is 18.8 Å². The Hall–Kier alpha value is -0.870. The van der Waals surface area contributed by atoms with Crippen molar-refractivity contribution < 1.29 is 14.3 Å². The Morgan fingerprint density at radius 3 is 2.53 bits per heavy atom. The van der Waals surface area contributed by atoms with Crippen molar-refractivity contribution in [3.05, 3.63) is 12.2 Å². The topological polar surface area (TPSA) is 47.6 Å². The maximum atomic E-state index is 11.5. The van der Waals surface area contributed by atoms with E-state index in [-0.39, 0.29) is 12.1 Å². The molecule has 0 aliphatic rings. The summed E-state index contributed by atoms with van der Waals surface area (Å²) in [5.74, 6) is -0.190. The van der Waals surface area contributed by atoms with E-state index in [1.165, 1.54) is 0 Å². The van der Waals surface area contributed by atoms with Crippen LogP contribution in [0.25, 0.3) is 0 Å². The van der Waals surface area contributed by atoms with Gasteiger partial charge in [0.2, 0.25) is 5.91 Å². The van der Waals surface area contributed by atoms with Gasteiger partial charge in [0, 0.05) is 18.8 Å². The molecule has 0 spiro atoms. The summed E-state index contributed by atoms with van der Waals surface area (Å²) in [5.41, 5.74) is 0.476. The number of hydrogen-bond acceptors (Lipinski definition) is 3. The lowest BCUT2D eigenvalue weighted by molar-refractivity contribution is -0.124. The van der Waals surface area contributed by atoms with Crippen molar-refractivity contribution in [2.75, 3.05) is 19.8 Å². The molecule has 1 unspecified atom stereocenters. The van der Waals surface area contributed by atoms with Gasteiger partial charge in [0.05, 0.1) is 6.61 Å². The summed E-state index contributed by atoms with van der Waals surface area (Å²) in [4.78, 5) is 11.5. The van der Waals surface area contributed by atoms with Crippen LogP contribution in [0.2, 0.25) is 0 Å². The van der Waals surface area contributed by atoms with E-state index in [1.54, 1.807) is 6.92 Å². The van der Waals surface area contributed by atoms with E-state index >= 15 is 0 Å². The number of carbonyl (C=O) groups is 1. The highest BCUT2D eigenvalue weighted by molar-refractivity contribution is 5.92. The first-order valence-electron chi connectivity index (χ1n) is 6.27. The molecule has 1 atom stereocenters. The second-order valence-corrected chi connectivity index (χ2v) is 4.04. The minimum Gasteiger partial charge on any atom is -0.377 e. The summed E-state index contributed by atoms with van der Waals surface area (Å²) < 4.78 is 10.9. The molecule has 0 aromatic carbocycles. The normalized spacial score (nSPS) is 12.2. The molecule has 17 heavy (non-hydrogen) atoms. The lowest BCUT2D eigenvalue weighted by atomic mass is 10.3. The molecular weight excluding hydrogens is 218 g/mol. The summed E-state index contributed by atoms with van der Waals surface area (Å²) in [6, 6.07) is 0. The molecule has 0 aliphatic carbocycles. The maximum Gasteiger partial charge on any atom is 0.248 e. The smallest absolute Gasteiger partial charge is 0.248 e. The third-order valence-corrected chi connectivity index (χ3v) is 2.11. The van der Waals surface area contributed by atoms with Crippen molar-refractivity contribution in [2.24, 2.45) is 0 Å². The summed E-state index contributed by atoms with van der Waals surface area (Å²) in [6.07, 6.45) is 2.65. The molecule has 0 rings (SSSR count). The van der Waals surface area contributed by atoms with E-state index in [1.807, 2.05) is 6.92 Å². The SMILES string of the molecule is C=C(C)C(=O)NC(COCCCC)OCCC. The van der Waals surface area contributed by atoms with Crippen LogP contribution in [0.4, 0.5) is 0 Å². The van der Waals surface area contributed by atoms with Crippen molar-refractivity contribution in [2.45, 2.75) is 46.3 Å². The Kier molecular flexibility index (Phi) is 9.77. The van der Waals surface area contributed by atoms with Crippen LogP contribution in [-0.2, 0) is 14.3 Å². The molecule has 0 aromatic heterocycles. The van der Waals surface area contributed by atoms with Gasteiger partial charge >= 0.3 is 0 Å². The van der Waals surface area contributed by atoms with Gasteiger partial charge in [0.25, 0.3) is 0 Å². The van der Waals surface area contributed by atoms with Crippen LogP contribution in [0.5, 0.6) is 0 Å². The van der Waals surface area contributed by atoms with E-state index in [0.717, 1.165) is 19.3 Å². The van der Waals surface area contributed by atoms with Crippen LogP contribution in [0, 0.1) is 0 Å². The van der Waals surface area contributed by atoms with Gasteiger partial charge in [-0.05, 0) is 19.8 Å². The van der Waals surface area contributed by atoms with Crippen LogP contribution in [0.1, 0.15) is 40.0 Å². The lowest BCUT2D eigenvalue weighted by Gasteiger charge is -2.19. The highest BCUT2D eigenvalue weighted by Crippen LogP contribution is 1.97. The largest absolute Gasteiger partial charge is 0.377 e. The zero-order valence-electron chi connectivity index (χ0n) is 11.3. The van der Waals surface area contributed by atoms with E-state index < -0.39 is 0 Å². The Morgan fingerprint density at radius 1 is 1.29 bits per heavy atom. The lowest BCUT2D eigenvalue weighted by Crippen LogP contribution is -2.40. The molecular formula is C13H25NO3. The molecule has 0 saturated heterocycles. The minimum atomic E-state index is -0.379. The second kappa shape index (κ2) is 10.3. The molecule has 0 heterocycles. The number of rotatable bonds is 10. The number of ether oxygens (including phenoxy) is 2. The second-order valence-electron chi connectivity index (χ2n) is 4.04. The molecule has 0 radical (unpaired) electrons. The van der Waals surface area contributed by atoms with Gasteiger partial charge in [-0.25, -0.2) is 0 Å². The van der Waals surface area contributed by atoms with Gasteiger partial charge in [-0.1, -0.05) is 26.8 Å². The fourth-order valence-electron chi connectivity index (χ4n) is 1.10. The number of hydrogen-bond donors (Lipinski definition) is 1. The van der Waals surface area contributed by atoms with Crippen LogP contribution >= 0.6 is 0 Å². The van der Waals surface area contributed by atoms with Gasteiger partial charge in [0.1, 0.15) is 0 Å². The van der Waals surface area contributed by atoms with Gasteiger partial charge in [-0.2, -0.15) is 0 Å². The molecule has 1 N–H and O–H groups in total. The number of amides is 1. The highest BCUT2D eigenvalue weighted by atomic mass is 16.5. The number of carbonyl (C=O) groups excluding carboxylic acids is 1. The van der Waals surface area contributed by atoms with Crippen LogP contribution in [-0.4, -0.2) is 32.0 Å². The third-order valence-electron chi connectivity index (χ3n) is 2.11. The van der Waals surface area contributed by atoms with Crippen molar-refractivity contribution in [1.29, 1.82) is 0 Å². The van der Waals surface area contributed by atoms with Gasteiger partial charge in [0.15, 0.2) is 6.23 Å². The predicted octanol–water partition coefficient (Wildman–Crippen LogP) is 2.25. The average Bonchev–Trinajstić information content (AvgIpc) is 2.30. The first-order chi connectivity index (χ1) is 8.11.